The molecule has 1 saturated heterocycles. The van der Waals surface area contributed by atoms with Gasteiger partial charge in [-0.3, -0.25) is 9.69 Å². The van der Waals surface area contributed by atoms with Crippen LogP contribution in [0.5, 0.6) is 0 Å². The fourth-order valence-corrected chi connectivity index (χ4v) is 4.50. The third kappa shape index (κ3) is 4.85. The molecule has 0 aliphatic carbocycles. The molecular formula is C21H27N7OS. The zero-order valence-corrected chi connectivity index (χ0v) is 18.2. The highest BCUT2D eigenvalue weighted by atomic mass is 32.1. The van der Waals surface area contributed by atoms with Gasteiger partial charge in [0.15, 0.2) is 0 Å². The molecule has 3 heterocycles. The summed E-state index contributed by atoms with van der Waals surface area (Å²) in [4.78, 5) is 18.3. The van der Waals surface area contributed by atoms with E-state index < -0.39 is 0 Å². The zero-order chi connectivity index (χ0) is 20.9. The predicted octanol–water partition coefficient (Wildman–Crippen LogP) is 2.36. The van der Waals surface area contributed by atoms with Crippen LogP contribution in [-0.2, 0) is 0 Å². The Hall–Kier alpha value is -2.78. The molecule has 0 radical (unpaired) electrons. The summed E-state index contributed by atoms with van der Waals surface area (Å²) in [6.45, 7) is 9.34. The van der Waals surface area contributed by atoms with Gasteiger partial charge >= 0.3 is 0 Å². The Labute approximate surface area is 180 Å². The van der Waals surface area contributed by atoms with Gasteiger partial charge in [-0.25, -0.2) is 0 Å². The van der Waals surface area contributed by atoms with Crippen LogP contribution in [0.25, 0.3) is 5.69 Å². The van der Waals surface area contributed by atoms with E-state index in [-0.39, 0.29) is 11.9 Å². The molecule has 1 aromatic carbocycles. The fraction of sp³-hybridized carbons (Fsp3) is 0.429. The minimum Gasteiger partial charge on any atom is -0.369 e. The minimum absolute atomic E-state index is 0.0766. The van der Waals surface area contributed by atoms with Crippen LogP contribution in [-0.4, -0.2) is 69.8 Å². The van der Waals surface area contributed by atoms with E-state index in [9.17, 15) is 4.79 Å². The van der Waals surface area contributed by atoms with Gasteiger partial charge in [-0.2, -0.15) is 4.68 Å². The number of rotatable bonds is 7. The number of hydrogen-bond donors (Lipinski definition) is 1. The number of carbonyl (C=O) groups excluding carboxylic acids is 1. The summed E-state index contributed by atoms with van der Waals surface area (Å²) in [6, 6.07) is 10.7. The zero-order valence-electron chi connectivity index (χ0n) is 17.4. The number of aryl methyl sites for hydroxylation is 1. The Kier molecular flexibility index (Phi) is 6.39. The maximum Gasteiger partial charge on any atom is 0.263 e. The number of thiophene rings is 1. The van der Waals surface area contributed by atoms with E-state index in [4.69, 9.17) is 0 Å². The summed E-state index contributed by atoms with van der Waals surface area (Å²) in [5.74, 6) is -0.0766. The molecule has 158 valence electrons. The molecule has 1 amide bonds. The molecule has 1 atom stereocenters. The first-order valence-electron chi connectivity index (χ1n) is 10.3. The summed E-state index contributed by atoms with van der Waals surface area (Å²) in [6.07, 6.45) is 2.42. The van der Waals surface area contributed by atoms with E-state index in [0.29, 0.717) is 10.6 Å². The van der Waals surface area contributed by atoms with Gasteiger partial charge in [0.1, 0.15) is 11.2 Å². The number of benzene rings is 1. The Morgan fingerprint density at radius 3 is 2.80 bits per heavy atom. The van der Waals surface area contributed by atoms with Crippen LogP contribution in [0, 0.1) is 6.92 Å². The monoisotopic (exact) mass is 425 g/mol. The lowest BCUT2D eigenvalue weighted by molar-refractivity contribution is 0.0939. The summed E-state index contributed by atoms with van der Waals surface area (Å²) in [5.41, 5.74) is 3.32. The largest absolute Gasteiger partial charge is 0.369 e. The molecule has 1 fully saturated rings. The van der Waals surface area contributed by atoms with Gasteiger partial charge in [0.05, 0.1) is 5.69 Å². The molecule has 4 rings (SSSR count). The van der Waals surface area contributed by atoms with Crippen LogP contribution < -0.4 is 10.2 Å². The molecule has 0 saturated carbocycles. The van der Waals surface area contributed by atoms with Crippen molar-refractivity contribution in [2.75, 3.05) is 37.6 Å². The number of carbonyl (C=O) groups is 1. The topological polar surface area (TPSA) is 79.2 Å². The fourth-order valence-electron chi connectivity index (χ4n) is 3.72. The number of anilines is 1. The molecule has 0 bridgehead atoms. The number of hydrogen-bond acceptors (Lipinski definition) is 7. The van der Waals surface area contributed by atoms with Crippen LogP contribution in [0.1, 0.15) is 28.6 Å². The number of aromatic nitrogens is 4. The van der Waals surface area contributed by atoms with Crippen molar-refractivity contribution in [3.8, 4) is 5.69 Å². The van der Waals surface area contributed by atoms with Crippen molar-refractivity contribution in [2.24, 2.45) is 0 Å². The lowest BCUT2D eigenvalue weighted by Gasteiger charge is -2.36. The normalized spacial score (nSPS) is 15.9. The van der Waals surface area contributed by atoms with E-state index in [0.717, 1.165) is 39.1 Å². The van der Waals surface area contributed by atoms with Crippen LogP contribution in [0.3, 0.4) is 0 Å². The number of nitrogens with one attached hydrogen (secondary N) is 1. The first kappa shape index (κ1) is 20.5. The molecule has 3 aromatic rings. The Morgan fingerprint density at radius 2 is 2.07 bits per heavy atom. The number of nitrogens with zero attached hydrogens (tertiary/aromatic N) is 6. The summed E-state index contributed by atoms with van der Waals surface area (Å²) in [7, 11) is 0. The molecule has 0 spiro atoms. The number of amides is 1. The second kappa shape index (κ2) is 9.36. The van der Waals surface area contributed by atoms with Gasteiger partial charge in [0.25, 0.3) is 5.91 Å². The summed E-state index contributed by atoms with van der Waals surface area (Å²) < 4.78 is 1.52. The Balaban J connectivity index is 1.24. The van der Waals surface area contributed by atoms with Gasteiger partial charge in [0, 0.05) is 44.5 Å². The third-order valence-corrected chi connectivity index (χ3v) is 6.34. The molecule has 2 aromatic heterocycles. The third-order valence-electron chi connectivity index (χ3n) is 5.44. The highest BCUT2D eigenvalue weighted by Crippen LogP contribution is 2.20. The molecule has 30 heavy (non-hydrogen) atoms. The van der Waals surface area contributed by atoms with E-state index in [1.54, 1.807) is 0 Å². The molecule has 1 aliphatic heterocycles. The maximum atomic E-state index is 12.7. The second-order valence-corrected chi connectivity index (χ2v) is 8.64. The van der Waals surface area contributed by atoms with E-state index in [1.807, 2.05) is 11.4 Å². The Morgan fingerprint density at radius 1 is 1.23 bits per heavy atom. The SMILES string of the molecule is Cc1cccc(N2CCN(CCC(C)NC(=O)c3sccc3-n3cnnn3)CC2)c1. The first-order valence-corrected chi connectivity index (χ1v) is 11.1. The summed E-state index contributed by atoms with van der Waals surface area (Å²) >= 11 is 1.40. The van der Waals surface area contributed by atoms with Gasteiger partial charge in [0.2, 0.25) is 0 Å². The lowest BCUT2D eigenvalue weighted by Crippen LogP contribution is -2.47. The van der Waals surface area contributed by atoms with E-state index in [1.165, 1.54) is 33.6 Å². The van der Waals surface area contributed by atoms with Gasteiger partial charge < -0.3 is 10.2 Å². The second-order valence-electron chi connectivity index (χ2n) is 7.72. The van der Waals surface area contributed by atoms with Crippen LogP contribution >= 0.6 is 11.3 Å². The number of piperazine rings is 1. The maximum absolute atomic E-state index is 12.7. The first-order chi connectivity index (χ1) is 14.6. The van der Waals surface area contributed by atoms with Crippen molar-refractivity contribution in [3.63, 3.8) is 0 Å². The number of tetrazole rings is 1. The molecule has 1 unspecified atom stereocenters. The van der Waals surface area contributed by atoms with Gasteiger partial charge in [-0.1, -0.05) is 12.1 Å². The molecule has 8 nitrogen and oxygen atoms in total. The van der Waals surface area contributed by atoms with Crippen molar-refractivity contribution in [1.82, 2.24) is 30.4 Å². The van der Waals surface area contributed by atoms with Crippen molar-refractivity contribution in [1.29, 1.82) is 0 Å². The van der Waals surface area contributed by atoms with Gasteiger partial charge in [-0.15, -0.1) is 16.4 Å². The smallest absolute Gasteiger partial charge is 0.263 e. The average Bonchev–Trinajstić information content (AvgIpc) is 3.44. The molecule has 1 N–H and O–H groups in total. The predicted molar refractivity (Wildman–Crippen MR) is 118 cm³/mol. The van der Waals surface area contributed by atoms with Crippen LogP contribution in [0.2, 0.25) is 0 Å². The van der Waals surface area contributed by atoms with Gasteiger partial charge in [-0.05, 0) is 59.8 Å². The quantitative estimate of drug-likeness (QED) is 0.626. The molecule has 1 aliphatic rings. The highest BCUT2D eigenvalue weighted by molar-refractivity contribution is 7.12. The van der Waals surface area contributed by atoms with Crippen LogP contribution in [0.4, 0.5) is 5.69 Å². The lowest BCUT2D eigenvalue weighted by atomic mass is 10.1. The molecular weight excluding hydrogens is 398 g/mol. The van der Waals surface area contributed by atoms with E-state index in [2.05, 4.69) is 68.8 Å². The van der Waals surface area contributed by atoms with Crippen LogP contribution in [0.15, 0.2) is 42.0 Å². The minimum atomic E-state index is -0.0766. The molecule has 9 heteroatoms. The van der Waals surface area contributed by atoms with Crippen molar-refractivity contribution < 1.29 is 4.79 Å². The van der Waals surface area contributed by atoms with Crippen molar-refractivity contribution in [3.05, 3.63) is 52.5 Å². The highest BCUT2D eigenvalue weighted by Gasteiger charge is 2.20. The van der Waals surface area contributed by atoms with Crippen molar-refractivity contribution in [2.45, 2.75) is 26.3 Å². The average molecular weight is 426 g/mol. The van der Waals surface area contributed by atoms with E-state index >= 15 is 0 Å². The van der Waals surface area contributed by atoms with Crippen molar-refractivity contribution >= 4 is 22.9 Å². The summed E-state index contributed by atoms with van der Waals surface area (Å²) in [5, 5.41) is 16.2. The Bertz CT molecular complexity index is 963. The standard InChI is InChI=1S/C21H27N7OS/c1-16-4-3-5-18(14-16)27-11-9-26(10-12-27)8-6-17(2)23-21(29)20-19(7-13-30-20)28-15-22-24-25-28/h3-5,7,13-15,17H,6,8-12H2,1-2H3,(H,23,29).